The molecular formula is C11H16O3S. The van der Waals surface area contributed by atoms with Crippen molar-refractivity contribution in [2.24, 2.45) is 5.92 Å². The highest BCUT2D eigenvalue weighted by Gasteiger charge is 2.09. The number of hydrogen-bond acceptors (Lipinski definition) is 4. The first-order chi connectivity index (χ1) is 7.00. The first-order valence-corrected chi connectivity index (χ1v) is 5.98. The van der Waals surface area contributed by atoms with Gasteiger partial charge in [-0.1, -0.05) is 20.8 Å². The van der Waals surface area contributed by atoms with Gasteiger partial charge in [0.25, 0.3) is 0 Å². The van der Waals surface area contributed by atoms with Gasteiger partial charge in [-0.25, -0.2) is 0 Å². The van der Waals surface area contributed by atoms with Crippen LogP contribution in [0.4, 0.5) is 0 Å². The molecule has 84 valence electrons. The van der Waals surface area contributed by atoms with Crippen LogP contribution in [0.5, 0.6) is 5.75 Å². The fraction of sp³-hybridized carbons (Fsp3) is 0.545. The van der Waals surface area contributed by atoms with E-state index in [4.69, 9.17) is 9.52 Å². The quantitative estimate of drug-likeness (QED) is 0.860. The third-order valence-corrected chi connectivity index (χ3v) is 3.82. The van der Waals surface area contributed by atoms with Gasteiger partial charge in [-0.2, -0.15) is 11.8 Å². The van der Waals surface area contributed by atoms with Crippen LogP contribution in [-0.2, 0) is 5.75 Å². The second-order valence-electron chi connectivity index (χ2n) is 3.86. The van der Waals surface area contributed by atoms with Gasteiger partial charge in [0, 0.05) is 11.3 Å². The minimum Gasteiger partial charge on any atom is -0.502 e. The van der Waals surface area contributed by atoms with Gasteiger partial charge in [0.15, 0.2) is 5.75 Å². The van der Waals surface area contributed by atoms with Crippen LogP contribution in [-0.4, -0.2) is 10.4 Å². The van der Waals surface area contributed by atoms with E-state index < -0.39 is 0 Å². The summed E-state index contributed by atoms with van der Waals surface area (Å²) in [5, 5.41) is 9.51. The molecule has 0 bridgehead atoms. The number of aromatic hydroxyl groups is 1. The van der Waals surface area contributed by atoms with E-state index in [0.717, 1.165) is 6.26 Å². The van der Waals surface area contributed by atoms with Crippen molar-refractivity contribution >= 4 is 11.8 Å². The Bertz CT molecular complexity index is 370. The van der Waals surface area contributed by atoms with Crippen molar-refractivity contribution in [2.45, 2.75) is 31.8 Å². The molecule has 0 aromatic carbocycles. The first-order valence-electron chi connectivity index (χ1n) is 4.93. The molecule has 1 unspecified atom stereocenters. The lowest BCUT2D eigenvalue weighted by Gasteiger charge is -2.13. The average Bonchev–Trinajstić information content (AvgIpc) is 2.19. The largest absolute Gasteiger partial charge is 0.502 e. The van der Waals surface area contributed by atoms with Crippen molar-refractivity contribution in [1.29, 1.82) is 0 Å². The van der Waals surface area contributed by atoms with Crippen LogP contribution >= 0.6 is 11.8 Å². The molecule has 3 nitrogen and oxygen atoms in total. The second-order valence-corrected chi connectivity index (χ2v) is 5.22. The van der Waals surface area contributed by atoms with Gasteiger partial charge >= 0.3 is 0 Å². The van der Waals surface area contributed by atoms with E-state index in [0.29, 0.717) is 22.7 Å². The van der Waals surface area contributed by atoms with E-state index in [1.807, 2.05) is 0 Å². The van der Waals surface area contributed by atoms with Crippen LogP contribution in [0, 0.1) is 5.92 Å². The summed E-state index contributed by atoms with van der Waals surface area (Å²) in [7, 11) is 0. The smallest absolute Gasteiger partial charge is 0.226 e. The molecule has 1 rings (SSSR count). The summed E-state index contributed by atoms with van der Waals surface area (Å²) >= 11 is 1.74. The molecule has 1 atom stereocenters. The predicted molar refractivity (Wildman–Crippen MR) is 62.2 cm³/mol. The zero-order chi connectivity index (χ0) is 11.4. The van der Waals surface area contributed by atoms with E-state index in [1.165, 1.54) is 6.07 Å². The van der Waals surface area contributed by atoms with E-state index in [1.54, 1.807) is 11.8 Å². The first kappa shape index (κ1) is 12.2. The molecule has 4 heteroatoms. The average molecular weight is 228 g/mol. The lowest BCUT2D eigenvalue weighted by atomic mass is 10.2. The van der Waals surface area contributed by atoms with Gasteiger partial charge in [0.05, 0.1) is 5.75 Å². The van der Waals surface area contributed by atoms with Gasteiger partial charge in [-0.15, -0.1) is 0 Å². The van der Waals surface area contributed by atoms with Crippen LogP contribution in [0.1, 0.15) is 26.5 Å². The monoisotopic (exact) mass is 228 g/mol. The molecule has 0 aliphatic heterocycles. The molecule has 1 heterocycles. The second kappa shape index (κ2) is 5.26. The fourth-order valence-corrected chi connectivity index (χ4v) is 1.89. The van der Waals surface area contributed by atoms with Gasteiger partial charge in [0.2, 0.25) is 5.43 Å². The van der Waals surface area contributed by atoms with Crippen LogP contribution < -0.4 is 5.43 Å². The molecule has 0 aliphatic rings. The molecule has 1 N–H and O–H groups in total. The van der Waals surface area contributed by atoms with E-state index in [-0.39, 0.29) is 11.2 Å². The highest BCUT2D eigenvalue weighted by atomic mass is 32.2. The third kappa shape index (κ3) is 3.63. The number of thioether (sulfide) groups is 1. The summed E-state index contributed by atoms with van der Waals surface area (Å²) < 4.78 is 5.10. The molecule has 0 radical (unpaired) electrons. The van der Waals surface area contributed by atoms with E-state index in [9.17, 15) is 4.79 Å². The lowest BCUT2D eigenvalue weighted by Crippen LogP contribution is -2.06. The Morgan fingerprint density at radius 3 is 2.67 bits per heavy atom. The van der Waals surface area contributed by atoms with Crippen molar-refractivity contribution in [1.82, 2.24) is 0 Å². The summed E-state index contributed by atoms with van der Waals surface area (Å²) in [6, 6.07) is 1.34. The number of hydrogen-bond donors (Lipinski definition) is 1. The zero-order valence-corrected chi connectivity index (χ0v) is 10.0. The highest BCUT2D eigenvalue weighted by molar-refractivity contribution is 7.99. The normalized spacial score (nSPS) is 13.1. The molecule has 1 aromatic heterocycles. The SMILES string of the molecule is CC(C)C(C)SCc1cc(=O)c(O)co1. The summed E-state index contributed by atoms with van der Waals surface area (Å²) in [6.07, 6.45) is 1.10. The molecule has 0 fully saturated rings. The maximum atomic E-state index is 11.1. The van der Waals surface area contributed by atoms with E-state index in [2.05, 4.69) is 20.8 Å². The summed E-state index contributed by atoms with van der Waals surface area (Å²) in [5.41, 5.74) is -0.381. The maximum Gasteiger partial charge on any atom is 0.226 e. The Balaban J connectivity index is 2.59. The lowest BCUT2D eigenvalue weighted by molar-refractivity contribution is 0.419. The van der Waals surface area contributed by atoms with Crippen molar-refractivity contribution in [3.63, 3.8) is 0 Å². The standard InChI is InChI=1S/C11H16O3S/c1-7(2)8(3)15-6-9-4-10(12)11(13)5-14-9/h4-5,7-8,13H,6H2,1-3H3. The molecular weight excluding hydrogens is 212 g/mol. The topological polar surface area (TPSA) is 50.4 Å². The Kier molecular flexibility index (Phi) is 4.27. The van der Waals surface area contributed by atoms with Gasteiger partial charge in [-0.05, 0) is 5.92 Å². The predicted octanol–water partition coefficient (Wildman–Crippen LogP) is 2.62. The van der Waals surface area contributed by atoms with Crippen molar-refractivity contribution in [3.8, 4) is 5.75 Å². The number of rotatable bonds is 4. The molecule has 0 amide bonds. The summed E-state index contributed by atoms with van der Waals surface area (Å²) in [5.74, 6) is 1.53. The van der Waals surface area contributed by atoms with Crippen molar-refractivity contribution in [2.75, 3.05) is 0 Å². The van der Waals surface area contributed by atoms with Gasteiger partial charge in [0.1, 0.15) is 12.0 Å². The van der Waals surface area contributed by atoms with Gasteiger partial charge in [-0.3, -0.25) is 4.79 Å². The molecule has 0 saturated heterocycles. The zero-order valence-electron chi connectivity index (χ0n) is 9.19. The Hall–Kier alpha value is -0.900. The van der Waals surface area contributed by atoms with Crippen LogP contribution in [0.25, 0.3) is 0 Å². The Morgan fingerprint density at radius 1 is 1.47 bits per heavy atom. The van der Waals surface area contributed by atoms with Crippen molar-refractivity contribution in [3.05, 3.63) is 28.3 Å². The molecule has 0 saturated carbocycles. The Morgan fingerprint density at radius 2 is 2.13 bits per heavy atom. The summed E-state index contributed by atoms with van der Waals surface area (Å²) in [4.78, 5) is 11.1. The molecule has 0 spiro atoms. The highest BCUT2D eigenvalue weighted by Crippen LogP contribution is 2.22. The van der Waals surface area contributed by atoms with Crippen LogP contribution in [0.2, 0.25) is 0 Å². The molecule has 15 heavy (non-hydrogen) atoms. The molecule has 1 aromatic rings. The van der Waals surface area contributed by atoms with Crippen molar-refractivity contribution < 1.29 is 9.52 Å². The van der Waals surface area contributed by atoms with Crippen LogP contribution in [0.15, 0.2) is 21.5 Å². The minimum absolute atomic E-state index is 0.333. The minimum atomic E-state index is -0.381. The maximum absolute atomic E-state index is 11.1. The third-order valence-electron chi connectivity index (χ3n) is 2.29. The fourth-order valence-electron chi connectivity index (χ4n) is 0.925. The van der Waals surface area contributed by atoms with E-state index >= 15 is 0 Å². The molecule has 0 aliphatic carbocycles. The van der Waals surface area contributed by atoms with Gasteiger partial charge < -0.3 is 9.52 Å². The Labute approximate surface area is 93.5 Å². The summed E-state index contributed by atoms with van der Waals surface area (Å²) in [6.45, 7) is 6.46. The van der Waals surface area contributed by atoms with Crippen LogP contribution in [0.3, 0.4) is 0 Å².